The number of benzene rings is 1. The Morgan fingerprint density at radius 1 is 1.00 bits per heavy atom. The summed E-state index contributed by atoms with van der Waals surface area (Å²) in [5.41, 5.74) is 5.60. The summed E-state index contributed by atoms with van der Waals surface area (Å²) in [7, 11) is 5.71. The Balaban J connectivity index is 2.05. The third-order valence-corrected chi connectivity index (χ3v) is 4.22. The van der Waals surface area contributed by atoms with Crippen LogP contribution in [-0.4, -0.2) is 36.0 Å². The molecule has 1 aromatic carbocycles. The van der Waals surface area contributed by atoms with Crippen LogP contribution in [0.2, 0.25) is 0 Å². The molecule has 2 heterocycles. The van der Waals surface area contributed by atoms with E-state index in [0.717, 1.165) is 11.3 Å². The van der Waals surface area contributed by atoms with Crippen LogP contribution in [0, 0.1) is 0 Å². The molecule has 0 atom stereocenters. The summed E-state index contributed by atoms with van der Waals surface area (Å²) < 4.78 is 7.11. The number of methoxy groups -OCH3 is 1. The molecule has 0 amide bonds. The molecule has 0 unspecified atom stereocenters. The number of ether oxygens (including phenoxy) is 1. The smallest absolute Gasteiger partial charge is 0.213 e. The molecule has 3 aromatic rings. The predicted octanol–water partition coefficient (Wildman–Crippen LogP) is 4.13. The maximum atomic E-state index is 5.14. The molecule has 5 nitrogen and oxygen atoms in total. The van der Waals surface area contributed by atoms with E-state index >= 15 is 0 Å². The van der Waals surface area contributed by atoms with Gasteiger partial charge in [-0.15, -0.1) is 0 Å². The van der Waals surface area contributed by atoms with Crippen LogP contribution >= 0.6 is 0 Å². The minimum absolute atomic E-state index is 0.327. The first-order valence-corrected chi connectivity index (χ1v) is 8.37. The molecule has 5 heteroatoms. The van der Waals surface area contributed by atoms with Gasteiger partial charge < -0.3 is 9.64 Å². The molecule has 130 valence electrons. The Morgan fingerprint density at radius 3 is 2.24 bits per heavy atom. The summed E-state index contributed by atoms with van der Waals surface area (Å²) in [4.78, 5) is 6.40. The molecule has 0 fully saturated rings. The zero-order valence-corrected chi connectivity index (χ0v) is 15.4. The third-order valence-electron chi connectivity index (χ3n) is 4.22. The molecule has 0 N–H and O–H groups in total. The molecule has 0 aliphatic carbocycles. The highest BCUT2D eigenvalue weighted by Gasteiger charge is 2.17. The van der Waals surface area contributed by atoms with E-state index in [1.165, 1.54) is 16.9 Å². The molecular weight excluding hydrogens is 312 g/mol. The van der Waals surface area contributed by atoms with E-state index in [0.29, 0.717) is 11.8 Å². The lowest BCUT2D eigenvalue weighted by Gasteiger charge is -2.15. The first kappa shape index (κ1) is 17.0. The minimum Gasteiger partial charge on any atom is -0.481 e. The van der Waals surface area contributed by atoms with E-state index < -0.39 is 0 Å². The molecule has 0 aliphatic heterocycles. The van der Waals surface area contributed by atoms with Crippen molar-refractivity contribution >= 4 is 5.69 Å². The van der Waals surface area contributed by atoms with Gasteiger partial charge >= 0.3 is 0 Å². The summed E-state index contributed by atoms with van der Waals surface area (Å²) in [5, 5.41) is 4.62. The Morgan fingerprint density at radius 2 is 1.72 bits per heavy atom. The van der Waals surface area contributed by atoms with Gasteiger partial charge in [0.1, 0.15) is 0 Å². The zero-order chi connectivity index (χ0) is 18.0. The summed E-state index contributed by atoms with van der Waals surface area (Å²) >= 11 is 0. The van der Waals surface area contributed by atoms with Crippen molar-refractivity contribution in [1.29, 1.82) is 0 Å². The molecular formula is C20H24N4O. The van der Waals surface area contributed by atoms with Crippen LogP contribution in [0.25, 0.3) is 16.8 Å². The zero-order valence-electron chi connectivity index (χ0n) is 15.4. The fourth-order valence-electron chi connectivity index (χ4n) is 2.90. The van der Waals surface area contributed by atoms with Crippen LogP contribution in [0.4, 0.5) is 5.69 Å². The summed E-state index contributed by atoms with van der Waals surface area (Å²) in [6.45, 7) is 4.37. The second kappa shape index (κ2) is 6.97. The van der Waals surface area contributed by atoms with Crippen LogP contribution in [0.1, 0.15) is 25.5 Å². The quantitative estimate of drug-likeness (QED) is 0.702. The Hall–Kier alpha value is -2.82. The second-order valence-electron chi connectivity index (χ2n) is 6.51. The SMILES string of the molecule is COc1ccc(-n2ncc(-c3ccc(N(C)C)cc3)c2C(C)C)cn1. The first-order valence-electron chi connectivity index (χ1n) is 8.37. The largest absolute Gasteiger partial charge is 0.481 e. The third kappa shape index (κ3) is 3.36. The summed E-state index contributed by atoms with van der Waals surface area (Å²) in [6, 6.07) is 12.4. The fourth-order valence-corrected chi connectivity index (χ4v) is 2.90. The summed E-state index contributed by atoms with van der Waals surface area (Å²) in [6.07, 6.45) is 3.72. The lowest BCUT2D eigenvalue weighted by Crippen LogP contribution is -2.08. The van der Waals surface area contributed by atoms with Crippen molar-refractivity contribution in [2.24, 2.45) is 0 Å². The van der Waals surface area contributed by atoms with Crippen molar-refractivity contribution in [3.8, 4) is 22.7 Å². The Bertz CT molecular complexity index is 833. The Labute approximate surface area is 148 Å². The highest BCUT2D eigenvalue weighted by Crippen LogP contribution is 2.32. The average Bonchev–Trinajstić information content (AvgIpc) is 3.07. The van der Waals surface area contributed by atoms with E-state index in [1.54, 1.807) is 13.3 Å². The van der Waals surface area contributed by atoms with Gasteiger partial charge in [0.15, 0.2) is 0 Å². The van der Waals surface area contributed by atoms with Crippen molar-refractivity contribution < 1.29 is 4.74 Å². The minimum atomic E-state index is 0.327. The molecule has 0 saturated carbocycles. The molecule has 0 aliphatic rings. The van der Waals surface area contributed by atoms with Crippen molar-refractivity contribution in [1.82, 2.24) is 14.8 Å². The van der Waals surface area contributed by atoms with Crippen molar-refractivity contribution in [3.63, 3.8) is 0 Å². The molecule has 25 heavy (non-hydrogen) atoms. The highest BCUT2D eigenvalue weighted by molar-refractivity contribution is 5.69. The number of anilines is 1. The number of aromatic nitrogens is 3. The van der Waals surface area contributed by atoms with Gasteiger partial charge in [-0.05, 0) is 29.7 Å². The molecule has 0 saturated heterocycles. The number of hydrogen-bond acceptors (Lipinski definition) is 4. The number of rotatable bonds is 5. The van der Waals surface area contributed by atoms with Gasteiger partial charge in [-0.25, -0.2) is 9.67 Å². The van der Waals surface area contributed by atoms with Gasteiger partial charge in [-0.1, -0.05) is 26.0 Å². The van der Waals surface area contributed by atoms with Crippen molar-refractivity contribution in [2.75, 3.05) is 26.1 Å². The predicted molar refractivity (Wildman–Crippen MR) is 102 cm³/mol. The van der Waals surface area contributed by atoms with Gasteiger partial charge in [-0.3, -0.25) is 0 Å². The number of pyridine rings is 1. The summed E-state index contributed by atoms with van der Waals surface area (Å²) in [5.74, 6) is 0.926. The second-order valence-corrected chi connectivity index (χ2v) is 6.51. The standard InChI is InChI=1S/C20H24N4O/c1-14(2)20-18(15-6-8-16(9-7-15)23(3)4)13-22-24(20)17-10-11-19(25-5)21-12-17/h6-14H,1-5H3. The Kier molecular flexibility index (Phi) is 4.74. The lowest BCUT2D eigenvalue weighted by atomic mass is 9.99. The van der Waals surface area contributed by atoms with Gasteiger partial charge in [0.05, 0.1) is 30.9 Å². The van der Waals surface area contributed by atoms with Crippen LogP contribution in [-0.2, 0) is 0 Å². The lowest BCUT2D eigenvalue weighted by molar-refractivity contribution is 0.397. The van der Waals surface area contributed by atoms with Crippen LogP contribution in [0.15, 0.2) is 48.8 Å². The topological polar surface area (TPSA) is 43.2 Å². The highest BCUT2D eigenvalue weighted by atomic mass is 16.5. The number of nitrogens with zero attached hydrogens (tertiary/aromatic N) is 4. The maximum Gasteiger partial charge on any atom is 0.213 e. The maximum absolute atomic E-state index is 5.14. The van der Waals surface area contributed by atoms with Gasteiger partial charge in [0, 0.05) is 31.4 Å². The van der Waals surface area contributed by atoms with Crippen molar-refractivity contribution in [2.45, 2.75) is 19.8 Å². The first-order chi connectivity index (χ1) is 12.0. The van der Waals surface area contributed by atoms with E-state index in [2.05, 4.69) is 53.1 Å². The van der Waals surface area contributed by atoms with Crippen LogP contribution in [0.3, 0.4) is 0 Å². The van der Waals surface area contributed by atoms with E-state index in [-0.39, 0.29) is 0 Å². The van der Waals surface area contributed by atoms with Crippen LogP contribution in [0.5, 0.6) is 5.88 Å². The molecule has 0 spiro atoms. The van der Waals surface area contributed by atoms with Gasteiger partial charge in [0.25, 0.3) is 0 Å². The monoisotopic (exact) mass is 336 g/mol. The van der Waals surface area contributed by atoms with Gasteiger partial charge in [0.2, 0.25) is 5.88 Å². The van der Waals surface area contributed by atoms with E-state index in [1.807, 2.05) is 37.1 Å². The van der Waals surface area contributed by atoms with E-state index in [9.17, 15) is 0 Å². The number of hydrogen-bond donors (Lipinski definition) is 0. The molecule has 3 rings (SSSR count). The van der Waals surface area contributed by atoms with E-state index in [4.69, 9.17) is 4.74 Å². The van der Waals surface area contributed by atoms with Crippen LogP contribution < -0.4 is 9.64 Å². The van der Waals surface area contributed by atoms with Gasteiger partial charge in [-0.2, -0.15) is 5.10 Å². The molecule has 0 radical (unpaired) electrons. The molecule has 0 bridgehead atoms. The van der Waals surface area contributed by atoms with Crippen molar-refractivity contribution in [3.05, 3.63) is 54.5 Å². The normalized spacial score (nSPS) is 11.0. The average molecular weight is 336 g/mol. The molecule has 2 aromatic heterocycles. The fraction of sp³-hybridized carbons (Fsp3) is 0.300.